The Morgan fingerprint density at radius 1 is 0.912 bits per heavy atom. The average molecular weight is 511 g/mol. The number of fused-ring (bicyclic) bond motifs is 2. The molecule has 0 saturated heterocycles. The first kappa shape index (κ1) is 20.6. The predicted octanol–water partition coefficient (Wildman–Crippen LogP) is 5.00. The molecule has 0 aliphatic rings. The molecule has 0 fully saturated rings. The minimum absolute atomic E-state index is 0.125. The molecule has 1 N–H and O–H groups in total. The SMILES string of the molecule is O=c1c(-c2nc3ccccc3[nH]2)cc2ccccc2n1Cc1cn(Cc2ccc(Br)cc2)nn1. The van der Waals surface area contributed by atoms with Gasteiger partial charge in [-0.25, -0.2) is 9.67 Å². The summed E-state index contributed by atoms with van der Waals surface area (Å²) in [6.45, 7) is 0.919. The van der Waals surface area contributed by atoms with Crippen molar-refractivity contribution in [3.63, 3.8) is 0 Å². The molecule has 6 aromatic rings. The van der Waals surface area contributed by atoms with E-state index in [-0.39, 0.29) is 5.56 Å². The second kappa shape index (κ2) is 8.39. The molecular weight excluding hydrogens is 492 g/mol. The molecule has 0 aliphatic heterocycles. The quantitative estimate of drug-likeness (QED) is 0.354. The molecule has 3 aromatic heterocycles. The maximum atomic E-state index is 13.6. The van der Waals surface area contributed by atoms with Gasteiger partial charge in [0.1, 0.15) is 11.5 Å². The first-order valence-corrected chi connectivity index (χ1v) is 11.6. The van der Waals surface area contributed by atoms with E-state index >= 15 is 0 Å². The van der Waals surface area contributed by atoms with Crippen LogP contribution in [0.5, 0.6) is 0 Å². The molecule has 166 valence electrons. The second-order valence-electron chi connectivity index (χ2n) is 8.14. The van der Waals surface area contributed by atoms with Crippen LogP contribution < -0.4 is 5.56 Å². The van der Waals surface area contributed by atoms with Crippen LogP contribution in [0.3, 0.4) is 0 Å². The minimum Gasteiger partial charge on any atom is -0.338 e. The number of halogens is 1. The van der Waals surface area contributed by atoms with Crippen molar-refractivity contribution in [3.05, 3.63) is 111 Å². The van der Waals surface area contributed by atoms with Crippen LogP contribution in [0.1, 0.15) is 11.3 Å². The molecule has 8 heteroatoms. The lowest BCUT2D eigenvalue weighted by Gasteiger charge is -2.11. The molecule has 0 saturated carbocycles. The van der Waals surface area contributed by atoms with Crippen LogP contribution in [0.25, 0.3) is 33.3 Å². The number of hydrogen-bond donors (Lipinski definition) is 1. The van der Waals surface area contributed by atoms with E-state index in [0.29, 0.717) is 30.2 Å². The zero-order chi connectivity index (χ0) is 23.1. The number of imidazole rings is 1. The van der Waals surface area contributed by atoms with Gasteiger partial charge in [-0.1, -0.05) is 63.6 Å². The number of para-hydroxylation sites is 3. The molecule has 3 heterocycles. The van der Waals surface area contributed by atoms with Crippen molar-refractivity contribution in [2.45, 2.75) is 13.1 Å². The molecule has 34 heavy (non-hydrogen) atoms. The maximum absolute atomic E-state index is 13.6. The number of H-pyrrole nitrogens is 1. The summed E-state index contributed by atoms with van der Waals surface area (Å²) < 4.78 is 4.56. The number of benzene rings is 3. The molecule has 0 radical (unpaired) electrons. The average Bonchev–Trinajstić information content (AvgIpc) is 3.49. The van der Waals surface area contributed by atoms with Crippen molar-refractivity contribution in [1.82, 2.24) is 29.5 Å². The number of pyridine rings is 1. The van der Waals surface area contributed by atoms with Crippen molar-refractivity contribution in [1.29, 1.82) is 0 Å². The lowest BCUT2D eigenvalue weighted by Crippen LogP contribution is -2.23. The van der Waals surface area contributed by atoms with Crippen LogP contribution in [0, 0.1) is 0 Å². The summed E-state index contributed by atoms with van der Waals surface area (Å²) in [5.41, 5.74) is 4.80. The van der Waals surface area contributed by atoms with Gasteiger partial charge in [0.05, 0.1) is 41.4 Å². The lowest BCUT2D eigenvalue weighted by atomic mass is 10.1. The monoisotopic (exact) mass is 510 g/mol. The summed E-state index contributed by atoms with van der Waals surface area (Å²) in [6.07, 6.45) is 1.89. The zero-order valence-electron chi connectivity index (χ0n) is 18.0. The second-order valence-corrected chi connectivity index (χ2v) is 9.06. The number of hydrogen-bond acceptors (Lipinski definition) is 4. The third kappa shape index (κ3) is 3.82. The van der Waals surface area contributed by atoms with Gasteiger partial charge in [-0.2, -0.15) is 0 Å². The highest BCUT2D eigenvalue weighted by Gasteiger charge is 2.15. The highest BCUT2D eigenvalue weighted by Crippen LogP contribution is 2.22. The Hall–Kier alpha value is -4.04. The fourth-order valence-corrected chi connectivity index (χ4v) is 4.43. The van der Waals surface area contributed by atoms with Gasteiger partial charge in [0.2, 0.25) is 0 Å². The summed E-state index contributed by atoms with van der Waals surface area (Å²) in [5, 5.41) is 9.56. The molecular formula is C26H19BrN6O. The van der Waals surface area contributed by atoms with Crippen molar-refractivity contribution < 1.29 is 0 Å². The number of aromatic nitrogens is 6. The third-order valence-corrected chi connectivity index (χ3v) is 6.34. The largest absolute Gasteiger partial charge is 0.338 e. The van der Waals surface area contributed by atoms with Crippen molar-refractivity contribution in [3.8, 4) is 11.4 Å². The molecule has 6 rings (SSSR count). The van der Waals surface area contributed by atoms with Crippen molar-refractivity contribution >= 4 is 37.9 Å². The van der Waals surface area contributed by atoms with Crippen LogP contribution in [-0.4, -0.2) is 29.5 Å². The number of nitrogens with one attached hydrogen (secondary N) is 1. The molecule has 0 spiro atoms. The maximum Gasteiger partial charge on any atom is 0.262 e. The zero-order valence-corrected chi connectivity index (χ0v) is 19.6. The van der Waals surface area contributed by atoms with E-state index in [9.17, 15) is 4.79 Å². The van der Waals surface area contributed by atoms with Gasteiger partial charge in [-0.3, -0.25) is 4.79 Å². The first-order chi connectivity index (χ1) is 16.6. The molecule has 7 nitrogen and oxygen atoms in total. The van der Waals surface area contributed by atoms with Gasteiger partial charge < -0.3 is 9.55 Å². The van der Waals surface area contributed by atoms with E-state index in [1.165, 1.54) is 0 Å². The van der Waals surface area contributed by atoms with Gasteiger partial charge >= 0.3 is 0 Å². The van der Waals surface area contributed by atoms with Crippen molar-refractivity contribution in [2.75, 3.05) is 0 Å². The lowest BCUT2D eigenvalue weighted by molar-refractivity contribution is 0.648. The molecule has 3 aromatic carbocycles. The van der Waals surface area contributed by atoms with Crippen LogP contribution in [0.4, 0.5) is 0 Å². The molecule has 0 bridgehead atoms. The highest BCUT2D eigenvalue weighted by molar-refractivity contribution is 9.10. The fraction of sp³-hybridized carbons (Fsp3) is 0.0769. The minimum atomic E-state index is -0.125. The van der Waals surface area contributed by atoms with Gasteiger partial charge in [0.15, 0.2) is 0 Å². The van der Waals surface area contributed by atoms with E-state index in [4.69, 9.17) is 0 Å². The molecule has 0 unspecified atom stereocenters. The Morgan fingerprint density at radius 2 is 1.71 bits per heavy atom. The summed E-state index contributed by atoms with van der Waals surface area (Å²) in [5.74, 6) is 0.560. The van der Waals surface area contributed by atoms with Gasteiger partial charge in [0.25, 0.3) is 5.56 Å². The summed E-state index contributed by atoms with van der Waals surface area (Å²) in [4.78, 5) is 21.6. The summed E-state index contributed by atoms with van der Waals surface area (Å²) >= 11 is 3.46. The predicted molar refractivity (Wildman–Crippen MR) is 136 cm³/mol. The van der Waals surface area contributed by atoms with E-state index in [0.717, 1.165) is 32.0 Å². The van der Waals surface area contributed by atoms with Crippen LogP contribution in [0.2, 0.25) is 0 Å². The van der Waals surface area contributed by atoms with E-state index < -0.39 is 0 Å². The van der Waals surface area contributed by atoms with Gasteiger partial charge in [-0.15, -0.1) is 5.10 Å². The number of rotatable bonds is 5. The van der Waals surface area contributed by atoms with Crippen LogP contribution in [0.15, 0.2) is 94.3 Å². The summed E-state index contributed by atoms with van der Waals surface area (Å²) in [6, 6.07) is 25.6. The molecule has 0 amide bonds. The number of nitrogens with zero attached hydrogens (tertiary/aromatic N) is 5. The van der Waals surface area contributed by atoms with E-state index in [1.54, 1.807) is 9.25 Å². The fourth-order valence-electron chi connectivity index (χ4n) is 4.16. The number of aromatic amines is 1. The van der Waals surface area contributed by atoms with Crippen LogP contribution in [-0.2, 0) is 13.1 Å². The van der Waals surface area contributed by atoms with Gasteiger partial charge in [-0.05, 0) is 47.3 Å². The van der Waals surface area contributed by atoms with Crippen molar-refractivity contribution in [2.24, 2.45) is 0 Å². The van der Waals surface area contributed by atoms with Crippen LogP contribution >= 0.6 is 15.9 Å². The normalized spacial score (nSPS) is 11.4. The Balaban J connectivity index is 1.39. The van der Waals surface area contributed by atoms with E-state index in [1.807, 2.05) is 85.1 Å². The molecule has 0 aliphatic carbocycles. The third-order valence-electron chi connectivity index (χ3n) is 5.81. The Morgan fingerprint density at radius 3 is 2.56 bits per heavy atom. The topological polar surface area (TPSA) is 81.4 Å². The smallest absolute Gasteiger partial charge is 0.262 e. The highest BCUT2D eigenvalue weighted by atomic mass is 79.9. The van der Waals surface area contributed by atoms with Gasteiger partial charge in [0, 0.05) is 4.47 Å². The Kier molecular flexibility index (Phi) is 5.07. The molecule has 0 atom stereocenters. The Labute approximate surface area is 202 Å². The van der Waals surface area contributed by atoms with E-state index in [2.05, 4.69) is 36.2 Å². The Bertz CT molecular complexity index is 1660. The first-order valence-electron chi connectivity index (χ1n) is 10.9. The standard InChI is InChI=1S/C26H19BrN6O/c27-19-11-9-17(10-12-19)14-32-15-20(30-31-32)16-33-24-8-4-1-5-18(24)13-21(26(33)34)25-28-22-6-2-3-7-23(22)29-25/h1-13,15H,14,16H2,(H,28,29). The summed E-state index contributed by atoms with van der Waals surface area (Å²) in [7, 11) is 0.